The standard InChI is InChI=1S/C25H26ClF3N4O/c1-3-17(2)31-12-14-32(15-13-31)24(34)19-10-8-18(9-11-19)22-16-23(25(27,28)29)30-33(22)21-7-5-4-6-20(21)26/h4-11,16-17H,3,12-15H2,1-2H3. The zero-order chi connectivity index (χ0) is 24.5. The molecular weight excluding hydrogens is 465 g/mol. The number of piperazine rings is 1. The normalized spacial score (nSPS) is 16.0. The van der Waals surface area contributed by atoms with Crippen LogP contribution in [0.2, 0.25) is 5.02 Å². The first-order valence-corrected chi connectivity index (χ1v) is 11.6. The molecule has 2 aromatic carbocycles. The van der Waals surface area contributed by atoms with Crippen molar-refractivity contribution in [1.29, 1.82) is 0 Å². The average Bonchev–Trinajstić information content (AvgIpc) is 3.29. The van der Waals surface area contributed by atoms with Crippen molar-refractivity contribution >= 4 is 17.5 Å². The number of alkyl halides is 3. The zero-order valence-corrected chi connectivity index (χ0v) is 19.8. The van der Waals surface area contributed by atoms with E-state index in [1.54, 1.807) is 48.5 Å². The molecular formula is C25H26ClF3N4O. The van der Waals surface area contributed by atoms with Crippen molar-refractivity contribution in [3.63, 3.8) is 0 Å². The second kappa shape index (κ2) is 9.80. The molecule has 4 rings (SSSR count). The van der Waals surface area contributed by atoms with E-state index in [2.05, 4.69) is 23.8 Å². The Balaban J connectivity index is 1.59. The van der Waals surface area contributed by atoms with Crippen molar-refractivity contribution in [2.24, 2.45) is 0 Å². The Morgan fingerprint density at radius 3 is 2.29 bits per heavy atom. The largest absolute Gasteiger partial charge is 0.435 e. The third-order valence-corrected chi connectivity index (χ3v) is 6.64. The minimum atomic E-state index is -4.60. The highest BCUT2D eigenvalue weighted by Gasteiger charge is 2.35. The third-order valence-electron chi connectivity index (χ3n) is 6.32. The fraction of sp³-hybridized carbons (Fsp3) is 0.360. The molecule has 0 saturated carbocycles. The number of benzene rings is 2. The van der Waals surface area contributed by atoms with Crippen molar-refractivity contribution < 1.29 is 18.0 Å². The first-order valence-electron chi connectivity index (χ1n) is 11.2. The van der Waals surface area contributed by atoms with Crippen LogP contribution in [0.15, 0.2) is 54.6 Å². The fourth-order valence-electron chi connectivity index (χ4n) is 4.12. The van der Waals surface area contributed by atoms with E-state index in [9.17, 15) is 18.0 Å². The number of carbonyl (C=O) groups is 1. The topological polar surface area (TPSA) is 41.4 Å². The molecule has 1 saturated heterocycles. The summed E-state index contributed by atoms with van der Waals surface area (Å²) in [5, 5.41) is 4.06. The number of amides is 1. The van der Waals surface area contributed by atoms with Crippen LogP contribution in [0.5, 0.6) is 0 Å². The maximum Gasteiger partial charge on any atom is 0.435 e. The first kappa shape index (κ1) is 24.3. The molecule has 0 radical (unpaired) electrons. The van der Waals surface area contributed by atoms with Gasteiger partial charge in [-0.2, -0.15) is 18.3 Å². The molecule has 0 spiro atoms. The van der Waals surface area contributed by atoms with Gasteiger partial charge in [0.2, 0.25) is 0 Å². The Morgan fingerprint density at radius 1 is 1.06 bits per heavy atom. The van der Waals surface area contributed by atoms with Gasteiger partial charge in [0.05, 0.1) is 16.4 Å². The van der Waals surface area contributed by atoms with Crippen molar-refractivity contribution in [2.45, 2.75) is 32.5 Å². The Kier molecular flexibility index (Phi) is 7.00. The van der Waals surface area contributed by atoms with Gasteiger partial charge in [0.1, 0.15) is 0 Å². The van der Waals surface area contributed by atoms with E-state index in [0.717, 1.165) is 25.6 Å². The van der Waals surface area contributed by atoms with Gasteiger partial charge in [0.25, 0.3) is 5.91 Å². The number of hydrogen-bond donors (Lipinski definition) is 0. The molecule has 3 aromatic rings. The van der Waals surface area contributed by atoms with E-state index in [1.165, 1.54) is 4.68 Å². The first-order chi connectivity index (χ1) is 16.2. The van der Waals surface area contributed by atoms with Crippen molar-refractivity contribution in [3.8, 4) is 16.9 Å². The smallest absolute Gasteiger partial charge is 0.336 e. The molecule has 5 nitrogen and oxygen atoms in total. The predicted octanol–water partition coefficient (Wildman–Crippen LogP) is 5.77. The molecule has 1 aliphatic heterocycles. The summed E-state index contributed by atoms with van der Waals surface area (Å²) in [4.78, 5) is 17.2. The van der Waals surface area contributed by atoms with Crippen LogP contribution in [0.4, 0.5) is 13.2 Å². The predicted molar refractivity (Wildman–Crippen MR) is 126 cm³/mol. The monoisotopic (exact) mass is 490 g/mol. The summed E-state index contributed by atoms with van der Waals surface area (Å²) in [6, 6.07) is 14.7. The van der Waals surface area contributed by atoms with Gasteiger partial charge in [-0.1, -0.05) is 42.8 Å². The molecule has 2 heterocycles. The average molecular weight is 491 g/mol. The summed E-state index contributed by atoms with van der Waals surface area (Å²) >= 11 is 6.24. The molecule has 0 aliphatic carbocycles. The van der Waals surface area contributed by atoms with Crippen LogP contribution in [0.1, 0.15) is 36.3 Å². The second-order valence-corrected chi connectivity index (χ2v) is 8.85. The Hall–Kier alpha value is -2.84. The minimum absolute atomic E-state index is 0.0778. The molecule has 1 fully saturated rings. The van der Waals surface area contributed by atoms with Crippen molar-refractivity contribution in [3.05, 3.63) is 70.9 Å². The van der Waals surface area contributed by atoms with Gasteiger partial charge in [0, 0.05) is 43.3 Å². The molecule has 0 N–H and O–H groups in total. The number of carbonyl (C=O) groups excluding carboxylic acids is 1. The van der Waals surface area contributed by atoms with Crippen LogP contribution in [0, 0.1) is 0 Å². The summed E-state index contributed by atoms with van der Waals surface area (Å²) in [5.41, 5.74) is 0.569. The van der Waals surface area contributed by atoms with E-state index < -0.39 is 11.9 Å². The molecule has 34 heavy (non-hydrogen) atoms. The highest BCUT2D eigenvalue weighted by Crippen LogP contribution is 2.34. The number of hydrogen-bond acceptors (Lipinski definition) is 3. The van der Waals surface area contributed by atoms with Crippen LogP contribution in [-0.4, -0.2) is 57.7 Å². The fourth-order valence-corrected chi connectivity index (χ4v) is 4.34. The van der Waals surface area contributed by atoms with E-state index in [0.29, 0.717) is 35.9 Å². The van der Waals surface area contributed by atoms with Crippen LogP contribution in [0.3, 0.4) is 0 Å². The van der Waals surface area contributed by atoms with Gasteiger partial charge in [-0.25, -0.2) is 4.68 Å². The lowest BCUT2D eigenvalue weighted by Crippen LogP contribution is -2.51. The lowest BCUT2D eigenvalue weighted by atomic mass is 10.1. The van der Waals surface area contributed by atoms with Gasteiger partial charge in [-0.05, 0) is 43.7 Å². The zero-order valence-electron chi connectivity index (χ0n) is 19.0. The third kappa shape index (κ3) is 4.98. The molecule has 0 bridgehead atoms. The van der Waals surface area contributed by atoms with E-state index in [4.69, 9.17) is 11.6 Å². The van der Waals surface area contributed by atoms with Crippen LogP contribution in [0.25, 0.3) is 16.9 Å². The lowest BCUT2D eigenvalue weighted by molar-refractivity contribution is -0.141. The summed E-state index contributed by atoms with van der Waals surface area (Å²) < 4.78 is 41.5. The number of rotatable bonds is 5. The highest BCUT2D eigenvalue weighted by atomic mass is 35.5. The number of para-hydroxylation sites is 1. The minimum Gasteiger partial charge on any atom is -0.336 e. The van der Waals surface area contributed by atoms with Crippen LogP contribution >= 0.6 is 11.6 Å². The summed E-state index contributed by atoms with van der Waals surface area (Å²) in [5.74, 6) is -0.0778. The molecule has 1 unspecified atom stereocenters. The summed E-state index contributed by atoms with van der Waals surface area (Å²) in [6.07, 6.45) is -3.54. The SMILES string of the molecule is CCC(C)N1CCN(C(=O)c2ccc(-c3cc(C(F)(F)F)nn3-c3ccccc3Cl)cc2)CC1. The van der Waals surface area contributed by atoms with Gasteiger partial charge in [-0.3, -0.25) is 9.69 Å². The van der Waals surface area contributed by atoms with E-state index in [1.807, 2.05) is 4.90 Å². The molecule has 1 atom stereocenters. The second-order valence-electron chi connectivity index (χ2n) is 8.44. The Bertz CT molecular complexity index is 1150. The van der Waals surface area contributed by atoms with Crippen molar-refractivity contribution in [2.75, 3.05) is 26.2 Å². The lowest BCUT2D eigenvalue weighted by Gasteiger charge is -2.37. The van der Waals surface area contributed by atoms with Gasteiger partial charge >= 0.3 is 6.18 Å². The molecule has 1 aromatic heterocycles. The maximum atomic E-state index is 13.4. The Morgan fingerprint density at radius 2 is 1.71 bits per heavy atom. The molecule has 9 heteroatoms. The molecule has 1 aliphatic rings. The number of halogens is 4. The maximum absolute atomic E-state index is 13.4. The summed E-state index contributed by atoms with van der Waals surface area (Å²) in [7, 11) is 0. The van der Waals surface area contributed by atoms with Gasteiger partial charge in [-0.15, -0.1) is 0 Å². The van der Waals surface area contributed by atoms with Crippen LogP contribution < -0.4 is 0 Å². The Labute approximate surface area is 201 Å². The number of aromatic nitrogens is 2. The van der Waals surface area contributed by atoms with Gasteiger partial charge in [0.15, 0.2) is 5.69 Å². The highest BCUT2D eigenvalue weighted by molar-refractivity contribution is 6.32. The van der Waals surface area contributed by atoms with E-state index >= 15 is 0 Å². The van der Waals surface area contributed by atoms with Crippen LogP contribution in [-0.2, 0) is 6.18 Å². The summed E-state index contributed by atoms with van der Waals surface area (Å²) in [6.45, 7) is 7.30. The number of nitrogens with zero attached hydrogens (tertiary/aromatic N) is 4. The molecule has 1 amide bonds. The van der Waals surface area contributed by atoms with Crippen molar-refractivity contribution in [1.82, 2.24) is 19.6 Å². The van der Waals surface area contributed by atoms with Gasteiger partial charge < -0.3 is 4.90 Å². The van der Waals surface area contributed by atoms with E-state index in [-0.39, 0.29) is 16.6 Å². The quantitative estimate of drug-likeness (QED) is 0.456. The molecule has 180 valence electrons.